The first-order valence-corrected chi connectivity index (χ1v) is 9.67. The SMILES string of the molecule is COc1ccc(CCC(=O)Nc2ccc3c(c2)C(=O)N(C)c2ccccc2O3)cc1. The second-order valence-electron chi connectivity index (χ2n) is 7.04. The Morgan fingerprint density at radius 2 is 1.80 bits per heavy atom. The molecule has 1 aliphatic rings. The van der Waals surface area contributed by atoms with Gasteiger partial charge < -0.3 is 19.7 Å². The van der Waals surface area contributed by atoms with Crippen molar-refractivity contribution in [2.75, 3.05) is 24.4 Å². The molecule has 0 saturated heterocycles. The fourth-order valence-corrected chi connectivity index (χ4v) is 3.37. The lowest BCUT2D eigenvalue weighted by atomic mass is 10.1. The second kappa shape index (κ2) is 8.29. The average molecular weight is 402 g/mol. The maximum absolute atomic E-state index is 12.9. The molecule has 2 amide bonds. The van der Waals surface area contributed by atoms with E-state index in [1.165, 1.54) is 0 Å². The molecule has 6 heteroatoms. The van der Waals surface area contributed by atoms with E-state index in [4.69, 9.17) is 9.47 Å². The van der Waals surface area contributed by atoms with Crippen LogP contribution in [0.4, 0.5) is 11.4 Å². The van der Waals surface area contributed by atoms with E-state index >= 15 is 0 Å². The third-order valence-corrected chi connectivity index (χ3v) is 5.04. The third-order valence-electron chi connectivity index (χ3n) is 5.04. The Hall–Kier alpha value is -3.80. The monoisotopic (exact) mass is 402 g/mol. The molecule has 3 aromatic carbocycles. The minimum absolute atomic E-state index is 0.121. The summed E-state index contributed by atoms with van der Waals surface area (Å²) in [7, 11) is 3.33. The number of ether oxygens (including phenoxy) is 2. The number of hydrogen-bond acceptors (Lipinski definition) is 4. The molecule has 0 bridgehead atoms. The first-order valence-electron chi connectivity index (χ1n) is 9.67. The number of nitrogens with zero attached hydrogens (tertiary/aromatic N) is 1. The van der Waals surface area contributed by atoms with Gasteiger partial charge in [-0.1, -0.05) is 24.3 Å². The third kappa shape index (κ3) is 3.98. The van der Waals surface area contributed by atoms with Crippen LogP contribution in [0, 0.1) is 0 Å². The molecule has 0 unspecified atom stereocenters. The average Bonchev–Trinajstić information content (AvgIpc) is 2.88. The molecule has 0 aromatic heterocycles. The fourth-order valence-electron chi connectivity index (χ4n) is 3.37. The van der Waals surface area contributed by atoms with E-state index in [9.17, 15) is 9.59 Å². The Morgan fingerprint density at radius 1 is 1.03 bits per heavy atom. The molecule has 4 rings (SSSR count). The normalized spacial score (nSPS) is 12.3. The van der Waals surface area contributed by atoms with Gasteiger partial charge in [0.15, 0.2) is 5.75 Å². The van der Waals surface area contributed by atoms with Crippen LogP contribution in [0.15, 0.2) is 66.7 Å². The second-order valence-corrected chi connectivity index (χ2v) is 7.04. The highest BCUT2D eigenvalue weighted by Crippen LogP contribution is 2.38. The Labute approximate surface area is 175 Å². The summed E-state index contributed by atoms with van der Waals surface area (Å²) >= 11 is 0. The minimum Gasteiger partial charge on any atom is -0.497 e. The molecular formula is C24H22N2O4. The molecule has 152 valence electrons. The molecule has 0 radical (unpaired) electrons. The van der Waals surface area contributed by atoms with Gasteiger partial charge in [-0.2, -0.15) is 0 Å². The van der Waals surface area contributed by atoms with Gasteiger partial charge in [-0.3, -0.25) is 9.59 Å². The Morgan fingerprint density at radius 3 is 2.57 bits per heavy atom. The van der Waals surface area contributed by atoms with Gasteiger partial charge in [-0.05, 0) is 54.4 Å². The molecular weight excluding hydrogens is 380 g/mol. The predicted octanol–water partition coefficient (Wildman–Crippen LogP) is 4.65. The molecule has 3 aromatic rings. The lowest BCUT2D eigenvalue weighted by Crippen LogP contribution is -2.25. The van der Waals surface area contributed by atoms with Crippen LogP contribution in [0.1, 0.15) is 22.3 Å². The largest absolute Gasteiger partial charge is 0.497 e. The zero-order valence-corrected chi connectivity index (χ0v) is 16.8. The smallest absolute Gasteiger partial charge is 0.261 e. The van der Waals surface area contributed by atoms with Crippen LogP contribution in [-0.4, -0.2) is 26.0 Å². The van der Waals surface area contributed by atoms with E-state index in [0.717, 1.165) is 11.3 Å². The molecule has 1 N–H and O–H groups in total. The Balaban J connectivity index is 1.46. The number of rotatable bonds is 5. The molecule has 0 atom stereocenters. The van der Waals surface area contributed by atoms with Crippen LogP contribution in [0.25, 0.3) is 0 Å². The number of para-hydroxylation sites is 2. The predicted molar refractivity (Wildman–Crippen MR) is 116 cm³/mol. The lowest BCUT2D eigenvalue weighted by Gasteiger charge is -2.16. The number of benzene rings is 3. The molecule has 0 saturated carbocycles. The molecule has 1 aliphatic heterocycles. The zero-order chi connectivity index (χ0) is 21.1. The van der Waals surface area contributed by atoms with E-state index in [-0.39, 0.29) is 11.8 Å². The minimum atomic E-state index is -0.190. The zero-order valence-electron chi connectivity index (χ0n) is 16.8. The quantitative estimate of drug-likeness (QED) is 0.675. The van der Waals surface area contributed by atoms with E-state index < -0.39 is 0 Å². The summed E-state index contributed by atoms with van der Waals surface area (Å²) in [4.78, 5) is 26.9. The van der Waals surface area contributed by atoms with Crippen molar-refractivity contribution in [3.8, 4) is 17.2 Å². The first-order chi connectivity index (χ1) is 14.5. The van der Waals surface area contributed by atoms with E-state index in [1.807, 2.05) is 48.5 Å². The van der Waals surface area contributed by atoms with Crippen molar-refractivity contribution in [2.24, 2.45) is 0 Å². The maximum atomic E-state index is 12.9. The molecule has 6 nitrogen and oxygen atoms in total. The summed E-state index contributed by atoms with van der Waals surface area (Å²) in [6, 6.07) is 20.1. The Kier molecular flexibility index (Phi) is 5.39. The highest BCUT2D eigenvalue weighted by Gasteiger charge is 2.25. The van der Waals surface area contributed by atoms with Crippen molar-refractivity contribution in [1.29, 1.82) is 0 Å². The number of anilines is 2. The van der Waals surface area contributed by atoms with Gasteiger partial charge in [0.05, 0.1) is 18.4 Å². The standard InChI is InChI=1S/C24H22N2O4/c1-26-20-5-3-4-6-22(20)30-21-13-10-17(15-19(21)24(26)28)25-23(27)14-9-16-7-11-18(29-2)12-8-16/h3-8,10-13,15H,9,14H2,1-2H3,(H,25,27). The number of hydrogen-bond donors (Lipinski definition) is 1. The highest BCUT2D eigenvalue weighted by molar-refractivity contribution is 6.10. The van der Waals surface area contributed by atoms with Gasteiger partial charge >= 0.3 is 0 Å². The maximum Gasteiger partial charge on any atom is 0.261 e. The van der Waals surface area contributed by atoms with Gasteiger partial charge in [0.2, 0.25) is 5.91 Å². The summed E-state index contributed by atoms with van der Waals surface area (Å²) in [5.41, 5.74) is 2.71. The molecule has 0 aliphatic carbocycles. The summed E-state index contributed by atoms with van der Waals surface area (Å²) in [5.74, 6) is 1.55. The Bertz CT molecular complexity index is 1090. The number of amides is 2. The van der Waals surface area contributed by atoms with Crippen LogP contribution in [0.2, 0.25) is 0 Å². The van der Waals surface area contributed by atoms with Crippen LogP contribution in [-0.2, 0) is 11.2 Å². The number of carbonyl (C=O) groups excluding carboxylic acids is 2. The van der Waals surface area contributed by atoms with Crippen LogP contribution in [0.5, 0.6) is 17.2 Å². The topological polar surface area (TPSA) is 67.9 Å². The van der Waals surface area contributed by atoms with E-state index in [0.29, 0.717) is 41.3 Å². The van der Waals surface area contributed by atoms with Crippen LogP contribution >= 0.6 is 0 Å². The summed E-state index contributed by atoms with van der Waals surface area (Å²) < 4.78 is 11.1. The summed E-state index contributed by atoms with van der Waals surface area (Å²) in [6.07, 6.45) is 0.945. The van der Waals surface area contributed by atoms with Crippen LogP contribution < -0.4 is 19.7 Å². The highest BCUT2D eigenvalue weighted by atomic mass is 16.5. The molecule has 0 fully saturated rings. The number of nitrogens with one attached hydrogen (secondary N) is 1. The number of fused-ring (bicyclic) bond motifs is 2. The number of methoxy groups -OCH3 is 1. The van der Waals surface area contributed by atoms with Crippen molar-refractivity contribution in [3.05, 3.63) is 77.9 Å². The van der Waals surface area contributed by atoms with E-state index in [1.54, 1.807) is 37.3 Å². The van der Waals surface area contributed by atoms with Crippen molar-refractivity contribution >= 4 is 23.2 Å². The first kappa shape index (κ1) is 19.5. The van der Waals surface area contributed by atoms with Crippen molar-refractivity contribution < 1.29 is 19.1 Å². The van der Waals surface area contributed by atoms with Crippen molar-refractivity contribution in [2.45, 2.75) is 12.8 Å². The van der Waals surface area contributed by atoms with E-state index in [2.05, 4.69) is 5.32 Å². The number of aryl methyl sites for hydroxylation is 1. The summed E-state index contributed by atoms with van der Waals surface area (Å²) in [5, 5.41) is 2.87. The van der Waals surface area contributed by atoms with Gasteiger partial charge in [-0.25, -0.2) is 0 Å². The summed E-state index contributed by atoms with van der Waals surface area (Å²) in [6.45, 7) is 0. The van der Waals surface area contributed by atoms with Gasteiger partial charge in [0.1, 0.15) is 11.5 Å². The van der Waals surface area contributed by atoms with Gasteiger partial charge in [0, 0.05) is 19.2 Å². The number of carbonyl (C=O) groups is 2. The molecule has 30 heavy (non-hydrogen) atoms. The lowest BCUT2D eigenvalue weighted by molar-refractivity contribution is -0.116. The van der Waals surface area contributed by atoms with Gasteiger partial charge in [0.25, 0.3) is 5.91 Å². The van der Waals surface area contributed by atoms with Crippen molar-refractivity contribution in [3.63, 3.8) is 0 Å². The van der Waals surface area contributed by atoms with Crippen molar-refractivity contribution in [1.82, 2.24) is 0 Å². The van der Waals surface area contributed by atoms with Gasteiger partial charge in [-0.15, -0.1) is 0 Å². The fraction of sp³-hybridized carbons (Fsp3) is 0.167. The van der Waals surface area contributed by atoms with Crippen LogP contribution in [0.3, 0.4) is 0 Å². The molecule has 0 spiro atoms. The molecule has 1 heterocycles.